The van der Waals surface area contributed by atoms with Gasteiger partial charge in [0, 0.05) is 31.5 Å². The van der Waals surface area contributed by atoms with Crippen LogP contribution in [-0.4, -0.2) is 41.0 Å². The lowest BCUT2D eigenvalue weighted by Gasteiger charge is -2.26. The number of hydrogen-bond acceptors (Lipinski definition) is 2. The summed E-state index contributed by atoms with van der Waals surface area (Å²) in [6, 6.07) is 0.198. The molecule has 0 heterocycles. The molecule has 0 aliphatic heterocycles. The van der Waals surface area contributed by atoms with Crippen molar-refractivity contribution in [3.63, 3.8) is 0 Å². The zero-order chi connectivity index (χ0) is 11.0. The maximum absolute atomic E-state index is 11.6. The van der Waals surface area contributed by atoms with Gasteiger partial charge in [-0.3, -0.25) is 4.79 Å². The van der Waals surface area contributed by atoms with Crippen LogP contribution in [0.4, 0.5) is 0 Å². The number of aliphatic hydroxyl groups excluding tert-OH is 1. The van der Waals surface area contributed by atoms with Crippen LogP contribution in [0.15, 0.2) is 0 Å². The predicted molar refractivity (Wildman–Crippen MR) is 58.5 cm³/mol. The number of amides is 1. The molecule has 3 nitrogen and oxygen atoms in total. The number of rotatable bonds is 7. The standard InChI is InChI=1S/C10H20ClNO2/c1-9(2)12(7-4-8-13)10(14)5-3-6-11/h9,13H,3-8H2,1-2H3. The highest BCUT2D eigenvalue weighted by molar-refractivity contribution is 6.17. The van der Waals surface area contributed by atoms with E-state index in [-0.39, 0.29) is 18.6 Å². The van der Waals surface area contributed by atoms with Gasteiger partial charge in [-0.15, -0.1) is 11.6 Å². The van der Waals surface area contributed by atoms with Crippen molar-refractivity contribution in [2.24, 2.45) is 0 Å². The topological polar surface area (TPSA) is 40.5 Å². The molecule has 4 heteroatoms. The Morgan fingerprint density at radius 2 is 2.07 bits per heavy atom. The van der Waals surface area contributed by atoms with E-state index < -0.39 is 0 Å². The average Bonchev–Trinajstić information content (AvgIpc) is 2.14. The minimum absolute atomic E-state index is 0.131. The fraction of sp³-hybridized carbons (Fsp3) is 0.900. The highest BCUT2D eigenvalue weighted by Crippen LogP contribution is 2.05. The first-order chi connectivity index (χ1) is 6.63. The fourth-order valence-corrected chi connectivity index (χ4v) is 1.41. The number of aliphatic hydroxyl groups is 1. The van der Waals surface area contributed by atoms with Crippen LogP contribution in [0.1, 0.15) is 33.1 Å². The molecule has 0 atom stereocenters. The van der Waals surface area contributed by atoms with E-state index in [0.717, 1.165) is 6.42 Å². The number of carbonyl (C=O) groups excluding carboxylic acids is 1. The van der Waals surface area contributed by atoms with E-state index in [1.165, 1.54) is 0 Å². The van der Waals surface area contributed by atoms with Gasteiger partial charge < -0.3 is 10.0 Å². The van der Waals surface area contributed by atoms with E-state index in [9.17, 15) is 4.79 Å². The summed E-state index contributed by atoms with van der Waals surface area (Å²) >= 11 is 5.52. The first kappa shape index (κ1) is 13.7. The van der Waals surface area contributed by atoms with Crippen molar-refractivity contribution in [1.29, 1.82) is 0 Å². The van der Waals surface area contributed by atoms with Crippen LogP contribution in [0.3, 0.4) is 0 Å². The second kappa shape index (κ2) is 8.06. The average molecular weight is 222 g/mol. The largest absolute Gasteiger partial charge is 0.396 e. The van der Waals surface area contributed by atoms with Crippen LogP contribution in [0.25, 0.3) is 0 Å². The molecule has 0 rings (SSSR count). The molecule has 0 saturated carbocycles. The summed E-state index contributed by atoms with van der Waals surface area (Å²) in [4.78, 5) is 13.4. The molecule has 0 unspecified atom stereocenters. The van der Waals surface area contributed by atoms with Gasteiger partial charge in [0.1, 0.15) is 0 Å². The molecular weight excluding hydrogens is 202 g/mol. The summed E-state index contributed by atoms with van der Waals surface area (Å²) in [7, 11) is 0. The summed E-state index contributed by atoms with van der Waals surface area (Å²) in [5.41, 5.74) is 0. The maximum atomic E-state index is 11.6. The monoisotopic (exact) mass is 221 g/mol. The van der Waals surface area contributed by atoms with Gasteiger partial charge in [-0.1, -0.05) is 0 Å². The van der Waals surface area contributed by atoms with Crippen molar-refractivity contribution in [2.45, 2.75) is 39.2 Å². The fourth-order valence-electron chi connectivity index (χ4n) is 1.27. The van der Waals surface area contributed by atoms with Gasteiger partial charge in [0.25, 0.3) is 0 Å². The Kier molecular flexibility index (Phi) is 7.90. The third-order valence-electron chi connectivity index (χ3n) is 2.03. The number of hydrogen-bond donors (Lipinski definition) is 1. The quantitative estimate of drug-likeness (QED) is 0.664. The van der Waals surface area contributed by atoms with Gasteiger partial charge in [0.05, 0.1) is 0 Å². The van der Waals surface area contributed by atoms with Crippen LogP contribution in [0, 0.1) is 0 Å². The number of nitrogens with zero attached hydrogens (tertiary/aromatic N) is 1. The molecule has 14 heavy (non-hydrogen) atoms. The molecule has 1 amide bonds. The number of alkyl halides is 1. The van der Waals surface area contributed by atoms with Crippen molar-refractivity contribution in [1.82, 2.24) is 4.90 Å². The minimum atomic E-state index is 0.131. The first-order valence-corrected chi connectivity index (χ1v) is 5.63. The third-order valence-corrected chi connectivity index (χ3v) is 2.29. The van der Waals surface area contributed by atoms with Crippen LogP contribution in [0.2, 0.25) is 0 Å². The predicted octanol–water partition coefficient (Wildman–Crippen LogP) is 1.62. The summed E-state index contributed by atoms with van der Waals surface area (Å²) in [5, 5.41) is 8.70. The highest BCUT2D eigenvalue weighted by Gasteiger charge is 2.15. The molecule has 0 radical (unpaired) electrons. The Bertz CT molecular complexity index is 162. The molecular formula is C10H20ClNO2. The maximum Gasteiger partial charge on any atom is 0.222 e. The highest BCUT2D eigenvalue weighted by atomic mass is 35.5. The molecule has 0 saturated heterocycles. The van der Waals surface area contributed by atoms with Gasteiger partial charge in [0.2, 0.25) is 5.91 Å². The van der Waals surface area contributed by atoms with Gasteiger partial charge >= 0.3 is 0 Å². The normalized spacial score (nSPS) is 10.6. The van der Waals surface area contributed by atoms with Gasteiger partial charge in [-0.2, -0.15) is 0 Å². The van der Waals surface area contributed by atoms with E-state index in [2.05, 4.69) is 0 Å². The minimum Gasteiger partial charge on any atom is -0.396 e. The second-order valence-corrected chi connectivity index (χ2v) is 3.93. The zero-order valence-corrected chi connectivity index (χ0v) is 9.76. The van der Waals surface area contributed by atoms with Crippen LogP contribution >= 0.6 is 11.6 Å². The van der Waals surface area contributed by atoms with Crippen LogP contribution in [0.5, 0.6) is 0 Å². The zero-order valence-electron chi connectivity index (χ0n) is 9.00. The Balaban J connectivity index is 3.98. The van der Waals surface area contributed by atoms with Gasteiger partial charge in [0.15, 0.2) is 0 Å². The molecule has 1 N–H and O–H groups in total. The van der Waals surface area contributed by atoms with Crippen molar-refractivity contribution >= 4 is 17.5 Å². The molecule has 0 aromatic carbocycles. The molecule has 0 bridgehead atoms. The van der Waals surface area contributed by atoms with E-state index in [4.69, 9.17) is 16.7 Å². The third kappa shape index (κ3) is 5.45. The van der Waals surface area contributed by atoms with Crippen molar-refractivity contribution in [2.75, 3.05) is 19.0 Å². The van der Waals surface area contributed by atoms with E-state index in [1.807, 2.05) is 13.8 Å². The molecule has 0 aliphatic rings. The van der Waals surface area contributed by atoms with Gasteiger partial charge in [-0.05, 0) is 26.7 Å². The Morgan fingerprint density at radius 1 is 1.43 bits per heavy atom. The summed E-state index contributed by atoms with van der Waals surface area (Å²) in [5.74, 6) is 0.659. The Hall–Kier alpha value is -0.280. The number of carbonyl (C=O) groups is 1. The van der Waals surface area contributed by atoms with Crippen molar-refractivity contribution < 1.29 is 9.90 Å². The van der Waals surface area contributed by atoms with E-state index >= 15 is 0 Å². The molecule has 0 aromatic heterocycles. The van der Waals surface area contributed by atoms with E-state index in [0.29, 0.717) is 25.3 Å². The SMILES string of the molecule is CC(C)N(CCCO)C(=O)CCCCl. The van der Waals surface area contributed by atoms with Crippen LogP contribution < -0.4 is 0 Å². The van der Waals surface area contributed by atoms with Crippen LogP contribution in [-0.2, 0) is 4.79 Å². The lowest BCUT2D eigenvalue weighted by Crippen LogP contribution is -2.37. The van der Waals surface area contributed by atoms with Crippen molar-refractivity contribution in [3.05, 3.63) is 0 Å². The summed E-state index contributed by atoms with van der Waals surface area (Å²) < 4.78 is 0. The lowest BCUT2D eigenvalue weighted by molar-refractivity contribution is -0.133. The van der Waals surface area contributed by atoms with Crippen molar-refractivity contribution in [3.8, 4) is 0 Å². The second-order valence-electron chi connectivity index (χ2n) is 3.55. The molecule has 0 fully saturated rings. The number of halogens is 1. The first-order valence-electron chi connectivity index (χ1n) is 5.09. The molecule has 84 valence electrons. The Morgan fingerprint density at radius 3 is 2.50 bits per heavy atom. The summed E-state index contributed by atoms with van der Waals surface area (Å²) in [6.07, 6.45) is 1.88. The lowest BCUT2D eigenvalue weighted by atomic mass is 10.2. The summed E-state index contributed by atoms with van der Waals surface area (Å²) in [6.45, 7) is 4.73. The molecule has 0 spiro atoms. The van der Waals surface area contributed by atoms with Gasteiger partial charge in [-0.25, -0.2) is 0 Å². The molecule has 0 aliphatic carbocycles. The Labute approximate surface area is 91.0 Å². The van der Waals surface area contributed by atoms with E-state index in [1.54, 1.807) is 4.90 Å². The molecule has 0 aromatic rings. The smallest absolute Gasteiger partial charge is 0.222 e.